The van der Waals surface area contributed by atoms with E-state index in [2.05, 4.69) is 18.7 Å². The van der Waals surface area contributed by atoms with Crippen molar-refractivity contribution in [2.75, 3.05) is 13.1 Å². The fourth-order valence-electron chi connectivity index (χ4n) is 3.95. The van der Waals surface area contributed by atoms with Crippen molar-refractivity contribution in [2.45, 2.75) is 32.7 Å². The van der Waals surface area contributed by atoms with Crippen molar-refractivity contribution in [1.82, 2.24) is 14.9 Å². The smallest absolute Gasteiger partial charge is 0.0968 e. The highest BCUT2D eigenvalue weighted by Gasteiger charge is 2.25. The quantitative estimate of drug-likeness (QED) is 0.473. The van der Waals surface area contributed by atoms with Gasteiger partial charge in [0.1, 0.15) is 0 Å². The summed E-state index contributed by atoms with van der Waals surface area (Å²) in [6, 6.07) is 16.2. The first kappa shape index (κ1) is 20.3. The molecule has 1 aliphatic heterocycles. The van der Waals surface area contributed by atoms with Crippen LogP contribution in [-0.2, 0) is 6.42 Å². The summed E-state index contributed by atoms with van der Waals surface area (Å²) in [6.07, 6.45) is 4.11. The standard InChI is InChI=1S/C24H25Cl2N3/c1-16(2)29-12-11-17(15-29)13-22-14-27-23(18-3-7-20(25)8-4-18)24(28-22)19-5-9-21(26)10-6-19/h3-10,14,16-17H,11-13,15H2,1-2H3. The summed E-state index contributed by atoms with van der Waals surface area (Å²) in [5, 5.41) is 1.42. The molecule has 0 amide bonds. The van der Waals surface area contributed by atoms with E-state index in [1.165, 1.54) is 13.0 Å². The van der Waals surface area contributed by atoms with Crippen LogP contribution in [0.1, 0.15) is 26.0 Å². The van der Waals surface area contributed by atoms with Gasteiger partial charge in [-0.15, -0.1) is 0 Å². The van der Waals surface area contributed by atoms with Crippen LogP contribution in [0.25, 0.3) is 22.5 Å². The van der Waals surface area contributed by atoms with Crippen LogP contribution in [0, 0.1) is 5.92 Å². The Balaban J connectivity index is 1.67. The summed E-state index contributed by atoms with van der Waals surface area (Å²) in [4.78, 5) is 12.4. The first-order chi connectivity index (χ1) is 14.0. The normalized spacial score (nSPS) is 17.2. The number of aromatic nitrogens is 2. The summed E-state index contributed by atoms with van der Waals surface area (Å²) in [6.45, 7) is 6.83. The molecule has 5 heteroatoms. The maximum Gasteiger partial charge on any atom is 0.0968 e. The van der Waals surface area contributed by atoms with Gasteiger partial charge in [0, 0.05) is 40.0 Å². The van der Waals surface area contributed by atoms with E-state index >= 15 is 0 Å². The van der Waals surface area contributed by atoms with Gasteiger partial charge in [0.05, 0.1) is 17.1 Å². The molecular formula is C24H25Cl2N3. The predicted molar refractivity (Wildman–Crippen MR) is 121 cm³/mol. The average molecular weight is 426 g/mol. The molecule has 0 aliphatic carbocycles. The molecule has 4 rings (SSSR count). The molecule has 1 aromatic heterocycles. The van der Waals surface area contributed by atoms with Crippen molar-refractivity contribution in [3.63, 3.8) is 0 Å². The highest BCUT2D eigenvalue weighted by atomic mass is 35.5. The molecule has 2 heterocycles. The molecule has 1 saturated heterocycles. The number of benzene rings is 2. The number of nitrogens with zero attached hydrogens (tertiary/aromatic N) is 3. The second-order valence-corrected chi connectivity index (χ2v) is 8.89. The maximum absolute atomic E-state index is 6.10. The lowest BCUT2D eigenvalue weighted by atomic mass is 10.0. The van der Waals surface area contributed by atoms with E-state index in [-0.39, 0.29) is 0 Å². The zero-order valence-corrected chi connectivity index (χ0v) is 18.3. The Morgan fingerprint density at radius 2 is 1.52 bits per heavy atom. The molecule has 29 heavy (non-hydrogen) atoms. The van der Waals surface area contributed by atoms with E-state index < -0.39 is 0 Å². The van der Waals surface area contributed by atoms with Crippen molar-refractivity contribution in [1.29, 1.82) is 0 Å². The van der Waals surface area contributed by atoms with E-state index in [1.54, 1.807) is 0 Å². The van der Waals surface area contributed by atoms with Gasteiger partial charge in [-0.25, -0.2) is 4.98 Å². The highest BCUT2D eigenvalue weighted by Crippen LogP contribution is 2.31. The number of hydrogen-bond donors (Lipinski definition) is 0. The van der Waals surface area contributed by atoms with E-state index in [9.17, 15) is 0 Å². The molecule has 0 N–H and O–H groups in total. The Labute approximate surface area is 182 Å². The van der Waals surface area contributed by atoms with Crippen molar-refractivity contribution in [2.24, 2.45) is 5.92 Å². The Morgan fingerprint density at radius 1 is 0.931 bits per heavy atom. The van der Waals surface area contributed by atoms with Crippen molar-refractivity contribution < 1.29 is 0 Å². The second-order valence-electron chi connectivity index (χ2n) is 8.02. The SMILES string of the molecule is CC(C)N1CCC(Cc2cnc(-c3ccc(Cl)cc3)c(-c3ccc(Cl)cc3)n2)C1. The summed E-state index contributed by atoms with van der Waals surface area (Å²) in [7, 11) is 0. The molecule has 150 valence electrons. The molecule has 0 saturated carbocycles. The maximum atomic E-state index is 6.10. The monoisotopic (exact) mass is 425 g/mol. The number of hydrogen-bond acceptors (Lipinski definition) is 3. The topological polar surface area (TPSA) is 29.0 Å². The Kier molecular flexibility index (Phi) is 6.19. The molecule has 1 unspecified atom stereocenters. The van der Waals surface area contributed by atoms with Gasteiger partial charge in [-0.05, 0) is 63.4 Å². The van der Waals surface area contributed by atoms with Gasteiger partial charge in [-0.2, -0.15) is 0 Å². The third-order valence-electron chi connectivity index (χ3n) is 5.60. The molecule has 2 aromatic carbocycles. The first-order valence-corrected chi connectivity index (χ1v) is 10.9. The van der Waals surface area contributed by atoms with Crippen LogP contribution < -0.4 is 0 Å². The Bertz CT molecular complexity index is 968. The number of rotatable bonds is 5. The molecule has 1 aliphatic rings. The number of halogens is 2. The molecular weight excluding hydrogens is 401 g/mol. The van der Waals surface area contributed by atoms with Gasteiger partial charge in [0.2, 0.25) is 0 Å². The zero-order chi connectivity index (χ0) is 20.4. The Hall–Kier alpha value is -1.94. The molecule has 3 nitrogen and oxygen atoms in total. The molecule has 0 spiro atoms. The third-order valence-corrected chi connectivity index (χ3v) is 6.11. The van der Waals surface area contributed by atoms with Crippen LogP contribution in [0.5, 0.6) is 0 Å². The average Bonchev–Trinajstić information content (AvgIpc) is 3.18. The summed E-state index contributed by atoms with van der Waals surface area (Å²) < 4.78 is 0. The second kappa shape index (κ2) is 8.83. The molecule has 0 radical (unpaired) electrons. The lowest BCUT2D eigenvalue weighted by Crippen LogP contribution is -2.28. The zero-order valence-electron chi connectivity index (χ0n) is 16.8. The summed E-state index contributed by atoms with van der Waals surface area (Å²) in [5.74, 6) is 0.631. The van der Waals surface area contributed by atoms with Crippen LogP contribution in [-0.4, -0.2) is 34.0 Å². The van der Waals surface area contributed by atoms with Gasteiger partial charge < -0.3 is 4.90 Å². The van der Waals surface area contributed by atoms with Crippen LogP contribution in [0.2, 0.25) is 10.0 Å². The van der Waals surface area contributed by atoms with Crippen molar-refractivity contribution in [3.8, 4) is 22.5 Å². The lowest BCUT2D eigenvalue weighted by Gasteiger charge is -2.20. The van der Waals surface area contributed by atoms with Gasteiger partial charge in [-0.1, -0.05) is 47.5 Å². The van der Waals surface area contributed by atoms with Crippen LogP contribution in [0.15, 0.2) is 54.7 Å². The van der Waals surface area contributed by atoms with Crippen LogP contribution in [0.3, 0.4) is 0 Å². The van der Waals surface area contributed by atoms with Crippen LogP contribution in [0.4, 0.5) is 0 Å². The van der Waals surface area contributed by atoms with Gasteiger partial charge in [0.25, 0.3) is 0 Å². The minimum atomic E-state index is 0.600. The highest BCUT2D eigenvalue weighted by molar-refractivity contribution is 6.31. The number of likely N-dealkylation sites (tertiary alicyclic amines) is 1. The molecule has 3 aromatic rings. The lowest BCUT2D eigenvalue weighted by molar-refractivity contribution is 0.264. The molecule has 1 fully saturated rings. The molecule has 1 atom stereocenters. The van der Waals surface area contributed by atoms with Gasteiger partial charge in [0.15, 0.2) is 0 Å². The largest absolute Gasteiger partial charge is 0.301 e. The van der Waals surface area contributed by atoms with Crippen molar-refractivity contribution >= 4 is 23.2 Å². The van der Waals surface area contributed by atoms with Gasteiger partial charge >= 0.3 is 0 Å². The summed E-state index contributed by atoms with van der Waals surface area (Å²) >= 11 is 12.2. The van der Waals surface area contributed by atoms with E-state index in [0.717, 1.165) is 41.2 Å². The third kappa shape index (κ3) is 4.80. The Morgan fingerprint density at radius 3 is 2.07 bits per heavy atom. The fourth-order valence-corrected chi connectivity index (χ4v) is 4.20. The van der Waals surface area contributed by atoms with Crippen molar-refractivity contribution in [3.05, 3.63) is 70.5 Å². The fraction of sp³-hybridized carbons (Fsp3) is 0.333. The molecule has 0 bridgehead atoms. The first-order valence-electron chi connectivity index (χ1n) is 10.1. The predicted octanol–water partition coefficient (Wildman–Crippen LogP) is 6.39. The van der Waals surface area contributed by atoms with E-state index in [0.29, 0.717) is 22.0 Å². The van der Waals surface area contributed by atoms with Crippen LogP contribution >= 0.6 is 23.2 Å². The van der Waals surface area contributed by atoms with E-state index in [1.807, 2.05) is 54.7 Å². The van der Waals surface area contributed by atoms with E-state index in [4.69, 9.17) is 33.2 Å². The minimum Gasteiger partial charge on any atom is -0.301 e. The summed E-state index contributed by atoms with van der Waals surface area (Å²) in [5.41, 5.74) is 4.82. The van der Waals surface area contributed by atoms with Gasteiger partial charge in [-0.3, -0.25) is 4.98 Å². The minimum absolute atomic E-state index is 0.600.